The van der Waals surface area contributed by atoms with Gasteiger partial charge in [0.15, 0.2) is 0 Å². The molecule has 0 radical (unpaired) electrons. The maximum atomic E-state index is 13.4. The number of carbonyl (C=O) groups excluding carboxylic acids is 2. The van der Waals surface area contributed by atoms with Gasteiger partial charge in [-0.15, -0.1) is 0 Å². The van der Waals surface area contributed by atoms with Crippen LogP contribution in [0, 0.1) is 28.6 Å². The van der Waals surface area contributed by atoms with Gasteiger partial charge >= 0.3 is 6.18 Å². The summed E-state index contributed by atoms with van der Waals surface area (Å²) in [4.78, 5) is 29.8. The van der Waals surface area contributed by atoms with Crippen molar-refractivity contribution in [3.8, 4) is 6.07 Å². The topological polar surface area (TPSA) is 76.4 Å². The summed E-state index contributed by atoms with van der Waals surface area (Å²) in [6.07, 6.45) is 1.72. The van der Waals surface area contributed by atoms with Crippen LogP contribution >= 0.6 is 0 Å². The standard InChI is InChI=1S/C25H31F3N4O2/c1-30-22(33)21-15-32(23(34)17-5-3-2-4-6-17)16-24(21)9-11-31(12-10-24)19-8-7-18(14-29)20(13-19)25(26,27)28/h7-8,13,17,21H,2-6,9-12,15-16H2,1H3,(H,30,33). The van der Waals surface area contributed by atoms with E-state index in [1.807, 2.05) is 9.80 Å². The number of halogens is 3. The zero-order chi connectivity index (χ0) is 24.5. The largest absolute Gasteiger partial charge is 0.417 e. The van der Waals surface area contributed by atoms with Crippen molar-refractivity contribution < 1.29 is 22.8 Å². The van der Waals surface area contributed by atoms with E-state index >= 15 is 0 Å². The summed E-state index contributed by atoms with van der Waals surface area (Å²) >= 11 is 0. The molecule has 6 nitrogen and oxygen atoms in total. The fraction of sp³-hybridized carbons (Fsp3) is 0.640. The lowest BCUT2D eigenvalue weighted by molar-refractivity contribution is -0.138. The number of alkyl halides is 3. The molecule has 2 aliphatic heterocycles. The van der Waals surface area contributed by atoms with Gasteiger partial charge in [0.05, 0.1) is 23.1 Å². The van der Waals surface area contributed by atoms with Gasteiger partial charge in [0, 0.05) is 50.2 Å². The Morgan fingerprint density at radius 2 is 1.82 bits per heavy atom. The van der Waals surface area contributed by atoms with Gasteiger partial charge in [-0.2, -0.15) is 18.4 Å². The minimum atomic E-state index is -4.60. The van der Waals surface area contributed by atoms with Crippen LogP contribution in [0.25, 0.3) is 0 Å². The lowest BCUT2D eigenvalue weighted by atomic mass is 9.70. The van der Waals surface area contributed by atoms with Crippen LogP contribution in [-0.4, -0.2) is 49.9 Å². The smallest absolute Gasteiger partial charge is 0.371 e. The van der Waals surface area contributed by atoms with Crippen LogP contribution in [0.15, 0.2) is 18.2 Å². The molecular formula is C25H31F3N4O2. The molecule has 2 heterocycles. The molecule has 0 aromatic heterocycles. The first kappa shape index (κ1) is 24.4. The fourth-order valence-electron chi connectivity index (χ4n) is 6.06. The Hall–Kier alpha value is -2.76. The minimum absolute atomic E-state index is 0.0359. The minimum Gasteiger partial charge on any atom is -0.371 e. The van der Waals surface area contributed by atoms with E-state index in [1.54, 1.807) is 19.2 Å². The van der Waals surface area contributed by atoms with Crippen LogP contribution in [0.4, 0.5) is 18.9 Å². The monoisotopic (exact) mass is 476 g/mol. The lowest BCUT2D eigenvalue weighted by Crippen LogP contribution is -2.48. The van der Waals surface area contributed by atoms with E-state index < -0.39 is 17.3 Å². The summed E-state index contributed by atoms with van der Waals surface area (Å²) in [7, 11) is 1.60. The molecule has 3 fully saturated rings. The summed E-state index contributed by atoms with van der Waals surface area (Å²) in [5, 5.41) is 11.8. The van der Waals surface area contributed by atoms with E-state index in [-0.39, 0.29) is 29.1 Å². The first-order valence-corrected chi connectivity index (χ1v) is 12.1. The molecule has 1 aromatic carbocycles. The number of hydrogen-bond donors (Lipinski definition) is 1. The molecule has 9 heteroatoms. The van der Waals surface area contributed by atoms with Crippen molar-refractivity contribution >= 4 is 17.5 Å². The number of anilines is 1. The number of piperidine rings is 1. The van der Waals surface area contributed by atoms with Crippen molar-refractivity contribution in [3.63, 3.8) is 0 Å². The first-order chi connectivity index (χ1) is 16.2. The third-order valence-electron chi connectivity index (χ3n) is 8.03. The second kappa shape index (κ2) is 9.47. The van der Waals surface area contributed by atoms with Crippen LogP contribution in [0.2, 0.25) is 0 Å². The summed E-state index contributed by atoms with van der Waals surface area (Å²) in [6, 6.07) is 5.43. The Morgan fingerprint density at radius 3 is 2.41 bits per heavy atom. The average Bonchev–Trinajstić information content (AvgIpc) is 3.21. The van der Waals surface area contributed by atoms with Crippen molar-refractivity contribution in [3.05, 3.63) is 29.3 Å². The molecule has 2 saturated heterocycles. The molecule has 34 heavy (non-hydrogen) atoms. The molecule has 1 aromatic rings. The van der Waals surface area contributed by atoms with Gasteiger partial charge in [-0.1, -0.05) is 19.3 Å². The molecule has 3 aliphatic rings. The van der Waals surface area contributed by atoms with Crippen LogP contribution in [0.3, 0.4) is 0 Å². The maximum Gasteiger partial charge on any atom is 0.417 e. The summed E-state index contributed by atoms with van der Waals surface area (Å²) < 4.78 is 40.3. The summed E-state index contributed by atoms with van der Waals surface area (Å²) in [6.45, 7) is 1.91. The van der Waals surface area contributed by atoms with Crippen LogP contribution in [0.1, 0.15) is 56.1 Å². The molecule has 4 rings (SSSR count). The van der Waals surface area contributed by atoms with Crippen molar-refractivity contribution in [1.29, 1.82) is 5.26 Å². The highest BCUT2D eigenvalue weighted by atomic mass is 19.4. The van der Waals surface area contributed by atoms with E-state index in [9.17, 15) is 22.8 Å². The molecule has 0 bridgehead atoms. The van der Waals surface area contributed by atoms with Gasteiger partial charge in [-0.05, 0) is 43.9 Å². The van der Waals surface area contributed by atoms with Gasteiger partial charge in [0.2, 0.25) is 11.8 Å². The third kappa shape index (κ3) is 4.59. The van der Waals surface area contributed by atoms with E-state index in [1.165, 1.54) is 6.07 Å². The zero-order valence-corrected chi connectivity index (χ0v) is 19.5. The maximum absolute atomic E-state index is 13.4. The fourth-order valence-corrected chi connectivity index (χ4v) is 6.06. The highest BCUT2D eigenvalue weighted by Crippen LogP contribution is 2.47. The van der Waals surface area contributed by atoms with E-state index in [0.717, 1.165) is 38.2 Å². The number of hydrogen-bond acceptors (Lipinski definition) is 4. The normalized spacial score (nSPS) is 23.1. The van der Waals surface area contributed by atoms with Gasteiger partial charge < -0.3 is 15.1 Å². The van der Waals surface area contributed by atoms with E-state index in [2.05, 4.69) is 5.32 Å². The van der Waals surface area contributed by atoms with Crippen LogP contribution in [-0.2, 0) is 15.8 Å². The Morgan fingerprint density at radius 1 is 1.15 bits per heavy atom. The number of nitrogens with zero attached hydrogens (tertiary/aromatic N) is 3. The molecule has 1 spiro atoms. The molecule has 1 saturated carbocycles. The Labute approximate surface area is 198 Å². The molecule has 2 amide bonds. The predicted molar refractivity (Wildman–Crippen MR) is 121 cm³/mol. The van der Waals surface area contributed by atoms with Gasteiger partial charge in [0.1, 0.15) is 0 Å². The number of nitrogens with one attached hydrogen (secondary N) is 1. The average molecular weight is 477 g/mol. The lowest BCUT2D eigenvalue weighted by Gasteiger charge is -2.43. The van der Waals surface area contributed by atoms with Crippen molar-refractivity contribution in [2.75, 3.05) is 38.1 Å². The Bertz CT molecular complexity index is 973. The highest BCUT2D eigenvalue weighted by Gasteiger charge is 2.52. The second-order valence-corrected chi connectivity index (χ2v) is 9.91. The second-order valence-electron chi connectivity index (χ2n) is 9.91. The molecular weight excluding hydrogens is 445 g/mol. The number of amides is 2. The van der Waals surface area contributed by atoms with Crippen molar-refractivity contribution in [2.45, 2.75) is 51.1 Å². The van der Waals surface area contributed by atoms with E-state index in [4.69, 9.17) is 5.26 Å². The number of carbonyl (C=O) groups is 2. The number of likely N-dealkylation sites (tertiary alicyclic amines) is 1. The first-order valence-electron chi connectivity index (χ1n) is 12.1. The van der Waals surface area contributed by atoms with Gasteiger partial charge in [-0.25, -0.2) is 0 Å². The van der Waals surface area contributed by atoms with E-state index in [0.29, 0.717) is 44.7 Å². The molecule has 1 aliphatic carbocycles. The zero-order valence-electron chi connectivity index (χ0n) is 19.5. The molecule has 1 unspecified atom stereocenters. The van der Waals surface area contributed by atoms with Gasteiger partial charge in [-0.3, -0.25) is 9.59 Å². The van der Waals surface area contributed by atoms with Crippen molar-refractivity contribution in [2.24, 2.45) is 17.3 Å². The Balaban J connectivity index is 1.51. The third-order valence-corrected chi connectivity index (χ3v) is 8.03. The quantitative estimate of drug-likeness (QED) is 0.717. The number of benzene rings is 1. The predicted octanol–water partition coefficient (Wildman–Crippen LogP) is 3.95. The number of nitriles is 1. The molecule has 184 valence electrons. The highest BCUT2D eigenvalue weighted by molar-refractivity contribution is 5.84. The SMILES string of the molecule is CNC(=O)C1CN(C(=O)C2CCCCC2)CC12CCN(c1ccc(C#N)c(C(F)(F)F)c1)CC2. The molecule has 1 N–H and O–H groups in total. The van der Waals surface area contributed by atoms with Crippen molar-refractivity contribution in [1.82, 2.24) is 10.2 Å². The van der Waals surface area contributed by atoms with Crippen LogP contribution in [0.5, 0.6) is 0 Å². The summed E-state index contributed by atoms with van der Waals surface area (Å²) in [5.41, 5.74) is -1.27. The van der Waals surface area contributed by atoms with Crippen LogP contribution < -0.4 is 10.2 Å². The number of rotatable bonds is 3. The van der Waals surface area contributed by atoms with Gasteiger partial charge in [0.25, 0.3) is 0 Å². The molecule has 1 atom stereocenters. The summed E-state index contributed by atoms with van der Waals surface area (Å²) in [5.74, 6) is -0.215. The Kier molecular flexibility index (Phi) is 6.79.